The molecule has 0 atom stereocenters. The van der Waals surface area contributed by atoms with Gasteiger partial charge in [0.05, 0.1) is 6.54 Å². The van der Waals surface area contributed by atoms with Gasteiger partial charge in [0.1, 0.15) is 11.6 Å². The van der Waals surface area contributed by atoms with Crippen LogP contribution in [0.15, 0.2) is 29.1 Å². The Balaban J connectivity index is 2.23. The van der Waals surface area contributed by atoms with E-state index in [2.05, 4.69) is 42.2 Å². The van der Waals surface area contributed by atoms with E-state index < -0.39 is 0 Å². The molecule has 0 radical (unpaired) electrons. The lowest BCUT2D eigenvalue weighted by molar-refractivity contribution is 0.743. The number of hydrogen-bond donors (Lipinski definition) is 1. The van der Waals surface area contributed by atoms with Crippen molar-refractivity contribution in [3.8, 4) is 0 Å². The van der Waals surface area contributed by atoms with Crippen molar-refractivity contribution in [2.24, 2.45) is 7.05 Å². The summed E-state index contributed by atoms with van der Waals surface area (Å²) in [6.45, 7) is 1.52. The van der Waals surface area contributed by atoms with E-state index in [4.69, 9.17) is 0 Å². The van der Waals surface area contributed by atoms with E-state index in [1.165, 1.54) is 0 Å². The summed E-state index contributed by atoms with van der Waals surface area (Å²) in [5.41, 5.74) is 1.16. The normalized spacial score (nSPS) is 10.7. The first-order valence-electron chi connectivity index (χ1n) is 6.08. The Morgan fingerprint density at radius 3 is 2.84 bits per heavy atom. The second kappa shape index (κ2) is 6.16. The van der Waals surface area contributed by atoms with Gasteiger partial charge in [-0.15, -0.1) is 0 Å². The average molecular weight is 324 g/mol. The lowest BCUT2D eigenvalue weighted by Crippen LogP contribution is -2.22. The maximum atomic E-state index is 4.51. The van der Waals surface area contributed by atoms with Crippen LogP contribution in [0.1, 0.15) is 11.4 Å². The number of anilines is 1. The monoisotopic (exact) mass is 323 g/mol. The van der Waals surface area contributed by atoms with Gasteiger partial charge in [-0.05, 0) is 29.0 Å². The fraction of sp³-hybridized carbons (Fsp3) is 0.385. The van der Waals surface area contributed by atoms with Crippen LogP contribution < -0.4 is 10.2 Å². The molecule has 0 aliphatic rings. The van der Waals surface area contributed by atoms with Crippen molar-refractivity contribution in [1.29, 1.82) is 0 Å². The fourth-order valence-corrected chi connectivity index (χ4v) is 2.35. The molecule has 0 unspecified atom stereocenters. The second-order valence-corrected chi connectivity index (χ2v) is 5.39. The van der Waals surface area contributed by atoms with Gasteiger partial charge < -0.3 is 14.8 Å². The van der Waals surface area contributed by atoms with Crippen molar-refractivity contribution in [2.75, 3.05) is 19.0 Å². The van der Waals surface area contributed by atoms with Crippen molar-refractivity contribution in [3.63, 3.8) is 0 Å². The van der Waals surface area contributed by atoms with E-state index in [1.807, 2.05) is 44.3 Å². The second-order valence-electron chi connectivity index (χ2n) is 4.48. The largest absolute Gasteiger partial charge is 0.352 e. The molecule has 0 spiro atoms. The molecule has 2 aromatic rings. The molecule has 2 rings (SSSR count). The number of rotatable bonds is 5. The molecule has 2 heterocycles. The zero-order chi connectivity index (χ0) is 13.8. The quantitative estimate of drug-likeness (QED) is 0.913. The van der Waals surface area contributed by atoms with Crippen LogP contribution in [0.4, 0.5) is 5.82 Å². The predicted molar refractivity (Wildman–Crippen MR) is 80.0 cm³/mol. The number of aryl methyl sites for hydroxylation is 1. The Morgan fingerprint density at radius 1 is 1.42 bits per heavy atom. The number of nitrogens with one attached hydrogen (secondary N) is 1. The van der Waals surface area contributed by atoms with E-state index in [0.717, 1.165) is 34.8 Å². The lowest BCUT2D eigenvalue weighted by atomic mass is 10.2. The van der Waals surface area contributed by atoms with Gasteiger partial charge in [-0.1, -0.05) is 0 Å². The maximum absolute atomic E-state index is 4.51. The molecule has 102 valence electrons. The summed E-state index contributed by atoms with van der Waals surface area (Å²) in [6, 6.07) is 2.09. The molecule has 0 aliphatic heterocycles. The maximum Gasteiger partial charge on any atom is 0.133 e. The van der Waals surface area contributed by atoms with Gasteiger partial charge in [-0.3, -0.25) is 0 Å². The lowest BCUT2D eigenvalue weighted by Gasteiger charge is -2.21. The van der Waals surface area contributed by atoms with Crippen molar-refractivity contribution in [1.82, 2.24) is 19.9 Å². The molecule has 2 aromatic heterocycles. The summed E-state index contributed by atoms with van der Waals surface area (Å²) in [6.07, 6.45) is 5.59. The van der Waals surface area contributed by atoms with Crippen LogP contribution in [0, 0.1) is 0 Å². The first-order valence-corrected chi connectivity index (χ1v) is 6.87. The number of pyridine rings is 1. The molecule has 5 nitrogen and oxygen atoms in total. The number of aromatic nitrogens is 3. The van der Waals surface area contributed by atoms with Gasteiger partial charge in [0.2, 0.25) is 0 Å². The molecule has 0 saturated carbocycles. The minimum Gasteiger partial charge on any atom is -0.352 e. The van der Waals surface area contributed by atoms with Gasteiger partial charge >= 0.3 is 0 Å². The Bertz CT molecular complexity index is 552. The van der Waals surface area contributed by atoms with E-state index in [-0.39, 0.29) is 0 Å². The minimum absolute atomic E-state index is 0.731. The molecular formula is C13H18BrN5. The highest BCUT2D eigenvalue weighted by atomic mass is 79.9. The minimum atomic E-state index is 0.731. The zero-order valence-corrected chi connectivity index (χ0v) is 13.0. The Kier molecular flexibility index (Phi) is 4.55. The van der Waals surface area contributed by atoms with E-state index in [0.29, 0.717) is 0 Å². The highest BCUT2D eigenvalue weighted by Crippen LogP contribution is 2.21. The molecule has 0 amide bonds. The standard InChI is InChI=1S/C13H18BrN5/c1-15-7-10-6-11(14)8-17-13(10)19(3)9-12-16-4-5-18(12)2/h4-6,8,15H,7,9H2,1-3H3. The molecule has 6 heteroatoms. The van der Waals surface area contributed by atoms with Crippen molar-refractivity contribution < 1.29 is 0 Å². The number of hydrogen-bond acceptors (Lipinski definition) is 4. The molecule has 0 fully saturated rings. The van der Waals surface area contributed by atoms with Crippen LogP contribution in [-0.4, -0.2) is 28.6 Å². The highest BCUT2D eigenvalue weighted by molar-refractivity contribution is 9.10. The number of imidazole rings is 1. The van der Waals surface area contributed by atoms with Crippen molar-refractivity contribution >= 4 is 21.7 Å². The summed E-state index contributed by atoms with van der Waals surface area (Å²) in [5.74, 6) is 1.99. The third kappa shape index (κ3) is 3.33. The third-order valence-electron chi connectivity index (χ3n) is 2.94. The molecular weight excluding hydrogens is 306 g/mol. The van der Waals surface area contributed by atoms with Gasteiger partial charge in [0.25, 0.3) is 0 Å². The molecule has 0 bridgehead atoms. The van der Waals surface area contributed by atoms with Crippen LogP contribution in [0.25, 0.3) is 0 Å². The van der Waals surface area contributed by atoms with E-state index in [9.17, 15) is 0 Å². The van der Waals surface area contributed by atoms with E-state index in [1.54, 1.807) is 0 Å². The molecule has 19 heavy (non-hydrogen) atoms. The van der Waals surface area contributed by atoms with E-state index >= 15 is 0 Å². The van der Waals surface area contributed by atoms with Crippen LogP contribution in [0.5, 0.6) is 0 Å². The highest BCUT2D eigenvalue weighted by Gasteiger charge is 2.11. The van der Waals surface area contributed by atoms with Crippen molar-refractivity contribution in [3.05, 3.63) is 40.5 Å². The summed E-state index contributed by atoms with van der Waals surface area (Å²) in [7, 11) is 5.97. The topological polar surface area (TPSA) is 46.0 Å². The van der Waals surface area contributed by atoms with Crippen LogP contribution in [0.3, 0.4) is 0 Å². The van der Waals surface area contributed by atoms with Gasteiger partial charge in [0.15, 0.2) is 0 Å². The Labute approximate surface area is 121 Å². The Hall–Kier alpha value is -1.40. The molecule has 0 aromatic carbocycles. The first kappa shape index (κ1) is 14.0. The van der Waals surface area contributed by atoms with Crippen LogP contribution in [0.2, 0.25) is 0 Å². The Morgan fingerprint density at radius 2 is 2.21 bits per heavy atom. The summed E-state index contributed by atoms with van der Waals surface area (Å²) in [4.78, 5) is 11.0. The first-order chi connectivity index (χ1) is 9.11. The van der Waals surface area contributed by atoms with Crippen LogP contribution in [-0.2, 0) is 20.1 Å². The van der Waals surface area contributed by atoms with Gasteiger partial charge in [-0.25, -0.2) is 9.97 Å². The SMILES string of the molecule is CNCc1cc(Br)cnc1N(C)Cc1nccn1C. The predicted octanol–water partition coefficient (Wildman–Crippen LogP) is 1.93. The summed E-state index contributed by atoms with van der Waals surface area (Å²) >= 11 is 3.46. The molecule has 0 saturated heterocycles. The average Bonchev–Trinajstić information content (AvgIpc) is 2.75. The number of halogens is 1. The fourth-order valence-electron chi connectivity index (χ4n) is 1.97. The third-order valence-corrected chi connectivity index (χ3v) is 3.37. The summed E-state index contributed by atoms with van der Waals surface area (Å²) in [5, 5.41) is 3.17. The van der Waals surface area contributed by atoms with Crippen molar-refractivity contribution in [2.45, 2.75) is 13.1 Å². The summed E-state index contributed by atoms with van der Waals surface area (Å²) < 4.78 is 3.01. The van der Waals surface area contributed by atoms with Gasteiger partial charge in [0, 0.05) is 49.3 Å². The number of nitrogens with zero attached hydrogens (tertiary/aromatic N) is 4. The van der Waals surface area contributed by atoms with Gasteiger partial charge in [-0.2, -0.15) is 0 Å². The smallest absolute Gasteiger partial charge is 0.133 e. The molecule has 0 aliphatic carbocycles. The zero-order valence-electron chi connectivity index (χ0n) is 11.4. The van der Waals surface area contributed by atoms with Crippen LogP contribution >= 0.6 is 15.9 Å². The molecule has 1 N–H and O–H groups in total.